The zero-order chi connectivity index (χ0) is 19.1. The maximum Gasteiger partial charge on any atom is 0.338 e. The Kier molecular flexibility index (Phi) is 6.31. The second-order valence-electron chi connectivity index (χ2n) is 6.62. The van der Waals surface area contributed by atoms with E-state index >= 15 is 0 Å². The molecule has 0 bridgehead atoms. The van der Waals surface area contributed by atoms with Crippen LogP contribution in [0.1, 0.15) is 41.6 Å². The van der Waals surface area contributed by atoms with Gasteiger partial charge in [-0.05, 0) is 43.0 Å². The van der Waals surface area contributed by atoms with E-state index in [9.17, 15) is 15.0 Å². The van der Waals surface area contributed by atoms with Crippen LogP contribution in [0.4, 0.5) is 0 Å². The van der Waals surface area contributed by atoms with Crippen molar-refractivity contribution in [1.29, 1.82) is 0 Å². The molecule has 0 amide bonds. The zero-order valence-electron chi connectivity index (χ0n) is 15.2. The van der Waals surface area contributed by atoms with Crippen LogP contribution in [0.25, 0.3) is 10.8 Å². The number of ether oxygens (including phenoxy) is 1. The van der Waals surface area contributed by atoms with E-state index in [0.29, 0.717) is 22.9 Å². The van der Waals surface area contributed by atoms with Gasteiger partial charge in [-0.1, -0.05) is 55.3 Å². The first kappa shape index (κ1) is 18.8. The van der Waals surface area contributed by atoms with Gasteiger partial charge in [-0.2, -0.15) is 0 Å². The number of carbonyl (C=O) groups excluding carboxylic acids is 1. The van der Waals surface area contributed by atoms with Crippen molar-refractivity contribution in [1.82, 2.24) is 0 Å². The zero-order valence-corrected chi connectivity index (χ0v) is 15.2. The number of benzene rings is 3. The summed E-state index contributed by atoms with van der Waals surface area (Å²) in [5.41, 5.74) is 1.75. The molecule has 0 unspecified atom stereocenters. The smallest absolute Gasteiger partial charge is 0.338 e. The molecule has 0 radical (unpaired) electrons. The van der Waals surface area contributed by atoms with Crippen molar-refractivity contribution in [2.24, 2.45) is 0 Å². The molecular weight excluding hydrogens is 340 g/mol. The molecule has 0 atom stereocenters. The molecule has 0 saturated heterocycles. The van der Waals surface area contributed by atoms with Crippen molar-refractivity contribution >= 4 is 16.7 Å². The number of aromatic hydroxyl groups is 2. The maximum absolute atomic E-state index is 12.4. The number of phenols is 2. The van der Waals surface area contributed by atoms with Crippen LogP contribution in [0.2, 0.25) is 0 Å². The lowest BCUT2D eigenvalue weighted by Crippen LogP contribution is -2.07. The van der Waals surface area contributed by atoms with Crippen LogP contribution in [0.3, 0.4) is 0 Å². The first-order chi connectivity index (χ1) is 13.2. The number of aryl methyl sites for hydroxylation is 1. The summed E-state index contributed by atoms with van der Waals surface area (Å²) in [6.07, 6.45) is 5.16. The van der Waals surface area contributed by atoms with Gasteiger partial charge in [-0.15, -0.1) is 0 Å². The van der Waals surface area contributed by atoms with E-state index in [0.717, 1.165) is 32.1 Å². The van der Waals surface area contributed by atoms with Gasteiger partial charge < -0.3 is 14.9 Å². The lowest BCUT2D eigenvalue weighted by Gasteiger charge is -2.09. The van der Waals surface area contributed by atoms with E-state index < -0.39 is 5.97 Å². The highest BCUT2D eigenvalue weighted by Gasteiger charge is 2.14. The first-order valence-electron chi connectivity index (χ1n) is 9.31. The molecule has 0 heterocycles. The van der Waals surface area contributed by atoms with Crippen LogP contribution >= 0.6 is 0 Å². The van der Waals surface area contributed by atoms with Crippen LogP contribution in [0.15, 0.2) is 60.7 Å². The molecule has 2 N–H and O–H groups in total. The van der Waals surface area contributed by atoms with Gasteiger partial charge in [0.2, 0.25) is 0 Å². The Balaban J connectivity index is 1.45. The van der Waals surface area contributed by atoms with Crippen molar-refractivity contribution in [2.45, 2.75) is 32.1 Å². The summed E-state index contributed by atoms with van der Waals surface area (Å²) in [5, 5.41) is 20.5. The highest BCUT2D eigenvalue weighted by Crippen LogP contribution is 2.34. The van der Waals surface area contributed by atoms with E-state index in [-0.39, 0.29) is 11.5 Å². The van der Waals surface area contributed by atoms with Gasteiger partial charge >= 0.3 is 5.97 Å². The summed E-state index contributed by atoms with van der Waals surface area (Å²) in [6, 6.07) is 18.4. The quantitative estimate of drug-likeness (QED) is 0.327. The molecule has 4 nitrogen and oxygen atoms in total. The van der Waals surface area contributed by atoms with Crippen molar-refractivity contribution < 1.29 is 19.7 Å². The Hall–Kier alpha value is -3.01. The number of phenolic OH excluding ortho intramolecular Hbond substituents is 2. The maximum atomic E-state index is 12.4. The fraction of sp³-hybridized carbons (Fsp3) is 0.261. The molecule has 0 saturated carbocycles. The molecule has 140 valence electrons. The van der Waals surface area contributed by atoms with Crippen molar-refractivity contribution in [2.75, 3.05) is 6.61 Å². The van der Waals surface area contributed by atoms with Crippen molar-refractivity contribution in [3.63, 3.8) is 0 Å². The van der Waals surface area contributed by atoms with Gasteiger partial charge in [-0.25, -0.2) is 4.79 Å². The molecule has 27 heavy (non-hydrogen) atoms. The van der Waals surface area contributed by atoms with Gasteiger partial charge in [0.15, 0.2) is 11.5 Å². The van der Waals surface area contributed by atoms with Gasteiger partial charge in [0.1, 0.15) is 0 Å². The summed E-state index contributed by atoms with van der Waals surface area (Å²) >= 11 is 0. The van der Waals surface area contributed by atoms with Crippen LogP contribution in [0, 0.1) is 0 Å². The first-order valence-corrected chi connectivity index (χ1v) is 9.31. The SMILES string of the molecule is O=C(OCCCCCCc1ccccc1)c1cccc2c(O)c(O)ccc12. The summed E-state index contributed by atoms with van der Waals surface area (Å²) in [5.74, 6) is -0.834. The molecule has 4 heteroatoms. The highest BCUT2D eigenvalue weighted by molar-refractivity contribution is 6.06. The van der Waals surface area contributed by atoms with E-state index in [1.54, 1.807) is 24.3 Å². The molecule has 0 spiro atoms. The van der Waals surface area contributed by atoms with Crippen molar-refractivity contribution in [3.8, 4) is 11.5 Å². The van der Waals surface area contributed by atoms with Gasteiger partial charge in [0.25, 0.3) is 0 Å². The summed E-state index contributed by atoms with van der Waals surface area (Å²) in [4.78, 5) is 12.4. The Morgan fingerprint density at radius 1 is 0.778 bits per heavy atom. The Morgan fingerprint density at radius 3 is 2.37 bits per heavy atom. The Labute approximate surface area is 159 Å². The molecule has 0 fully saturated rings. The van der Waals surface area contributed by atoms with E-state index in [2.05, 4.69) is 24.3 Å². The average Bonchev–Trinajstić information content (AvgIpc) is 2.70. The molecule has 0 aromatic heterocycles. The number of esters is 1. The predicted molar refractivity (Wildman–Crippen MR) is 106 cm³/mol. The number of carbonyl (C=O) groups is 1. The molecule has 3 rings (SSSR count). The Bertz CT molecular complexity index is 903. The summed E-state index contributed by atoms with van der Waals surface area (Å²) in [7, 11) is 0. The van der Waals surface area contributed by atoms with Crippen molar-refractivity contribution in [3.05, 3.63) is 71.8 Å². The third-order valence-corrected chi connectivity index (χ3v) is 4.67. The monoisotopic (exact) mass is 364 g/mol. The number of rotatable bonds is 8. The molecule has 0 aliphatic carbocycles. The van der Waals surface area contributed by atoms with E-state index in [1.807, 2.05) is 6.07 Å². The van der Waals surface area contributed by atoms with Crippen LogP contribution < -0.4 is 0 Å². The number of hydrogen-bond acceptors (Lipinski definition) is 4. The van der Waals surface area contributed by atoms with Crippen LogP contribution in [-0.4, -0.2) is 22.8 Å². The standard InChI is InChI=1S/C23H24O4/c24-21-15-14-18-19(22(21)25)12-8-13-20(18)23(26)27-16-7-2-1-4-9-17-10-5-3-6-11-17/h3,5-6,8,10-15,24-25H,1-2,4,7,9,16H2. The lowest BCUT2D eigenvalue weighted by atomic mass is 10.0. The second kappa shape index (κ2) is 9.08. The number of unbranched alkanes of at least 4 members (excludes halogenated alkanes) is 3. The van der Waals surface area contributed by atoms with Gasteiger partial charge in [0.05, 0.1) is 12.2 Å². The summed E-state index contributed by atoms with van der Waals surface area (Å²) in [6.45, 7) is 0.380. The Morgan fingerprint density at radius 2 is 1.56 bits per heavy atom. The normalized spacial score (nSPS) is 10.8. The van der Waals surface area contributed by atoms with E-state index in [1.165, 1.54) is 11.6 Å². The summed E-state index contributed by atoms with van der Waals surface area (Å²) < 4.78 is 5.39. The number of hydrogen-bond donors (Lipinski definition) is 2. The van der Waals surface area contributed by atoms with Gasteiger partial charge in [0, 0.05) is 10.8 Å². The molecule has 0 aliphatic heterocycles. The van der Waals surface area contributed by atoms with Crippen LogP contribution in [-0.2, 0) is 11.2 Å². The minimum Gasteiger partial charge on any atom is -0.504 e. The number of fused-ring (bicyclic) bond motifs is 1. The molecule has 0 aliphatic rings. The third-order valence-electron chi connectivity index (χ3n) is 4.67. The topological polar surface area (TPSA) is 66.8 Å². The predicted octanol–water partition coefficient (Wildman–Crippen LogP) is 5.21. The molecule has 3 aromatic rings. The minimum atomic E-state index is -0.407. The lowest BCUT2D eigenvalue weighted by molar-refractivity contribution is 0.0500. The third kappa shape index (κ3) is 4.79. The fourth-order valence-corrected chi connectivity index (χ4v) is 3.18. The highest BCUT2D eigenvalue weighted by atomic mass is 16.5. The second-order valence-corrected chi connectivity index (χ2v) is 6.62. The minimum absolute atomic E-state index is 0.205. The van der Waals surface area contributed by atoms with Crippen LogP contribution in [0.5, 0.6) is 11.5 Å². The largest absolute Gasteiger partial charge is 0.504 e. The van der Waals surface area contributed by atoms with E-state index in [4.69, 9.17) is 4.74 Å². The molecular formula is C23H24O4. The van der Waals surface area contributed by atoms with Gasteiger partial charge in [-0.3, -0.25) is 0 Å². The molecule has 3 aromatic carbocycles. The average molecular weight is 364 g/mol. The fourth-order valence-electron chi connectivity index (χ4n) is 3.18.